The molecule has 98 valence electrons. The summed E-state index contributed by atoms with van der Waals surface area (Å²) in [5.74, 6) is -0.428. The smallest absolute Gasteiger partial charge is 0.256 e. The number of nitrogens with two attached hydrogens (primary N) is 1. The average Bonchev–Trinajstić information content (AvgIpc) is 2.37. The van der Waals surface area contributed by atoms with E-state index in [4.69, 9.17) is 5.73 Å². The predicted molar refractivity (Wildman–Crippen MR) is 72.5 cm³/mol. The topological polar surface area (TPSA) is 68.0 Å². The lowest BCUT2D eigenvalue weighted by molar-refractivity contribution is 0.102. The highest BCUT2D eigenvalue weighted by molar-refractivity contribution is 6.03. The molecule has 0 radical (unpaired) electrons. The largest absolute Gasteiger partial charge is 0.397 e. The molecule has 1 heterocycles. The molecule has 0 spiro atoms. The van der Waals surface area contributed by atoms with Crippen molar-refractivity contribution in [1.82, 2.24) is 4.98 Å². The minimum atomic E-state index is -0.408. The third kappa shape index (κ3) is 2.88. The van der Waals surface area contributed by atoms with Crippen molar-refractivity contribution in [2.75, 3.05) is 11.1 Å². The fraction of sp³-hybridized carbons (Fsp3) is 0.143. The van der Waals surface area contributed by atoms with Crippen LogP contribution in [0.4, 0.5) is 15.9 Å². The zero-order valence-electron chi connectivity index (χ0n) is 10.7. The lowest BCUT2D eigenvalue weighted by atomic mass is 10.1. The normalized spacial score (nSPS) is 10.3. The van der Waals surface area contributed by atoms with Crippen LogP contribution in [0.5, 0.6) is 0 Å². The number of anilines is 2. The lowest BCUT2D eigenvalue weighted by Crippen LogP contribution is -2.13. The molecule has 0 aliphatic heterocycles. The van der Waals surface area contributed by atoms with Crippen LogP contribution in [0.2, 0.25) is 0 Å². The number of halogens is 1. The SMILES string of the molecule is Cc1cc(NC(=O)c2ccc(C)c(F)c2)ncc1N. The quantitative estimate of drug-likeness (QED) is 0.871. The van der Waals surface area contributed by atoms with E-state index in [-0.39, 0.29) is 5.56 Å². The molecule has 0 fully saturated rings. The summed E-state index contributed by atoms with van der Waals surface area (Å²) in [6, 6.07) is 6.00. The Morgan fingerprint density at radius 3 is 2.63 bits per heavy atom. The first-order valence-corrected chi connectivity index (χ1v) is 5.77. The molecule has 0 unspecified atom stereocenters. The number of hydrogen-bond donors (Lipinski definition) is 2. The number of hydrogen-bond acceptors (Lipinski definition) is 3. The first kappa shape index (κ1) is 13.0. The number of carbonyl (C=O) groups is 1. The molecule has 1 aromatic carbocycles. The van der Waals surface area contributed by atoms with Gasteiger partial charge in [-0.15, -0.1) is 0 Å². The number of aromatic nitrogens is 1. The molecule has 5 heteroatoms. The Kier molecular flexibility index (Phi) is 3.46. The number of nitrogen functional groups attached to an aromatic ring is 1. The Bertz CT molecular complexity index is 641. The van der Waals surface area contributed by atoms with E-state index in [0.29, 0.717) is 17.1 Å². The van der Waals surface area contributed by atoms with Gasteiger partial charge in [-0.05, 0) is 43.2 Å². The van der Waals surface area contributed by atoms with Crippen LogP contribution in [-0.2, 0) is 0 Å². The highest BCUT2D eigenvalue weighted by atomic mass is 19.1. The van der Waals surface area contributed by atoms with Gasteiger partial charge in [-0.3, -0.25) is 4.79 Å². The summed E-state index contributed by atoms with van der Waals surface area (Å²) >= 11 is 0. The standard InChI is InChI=1S/C14H14FN3O/c1-8-3-4-10(6-11(8)15)14(19)18-13-5-9(2)12(16)7-17-13/h3-7H,16H2,1-2H3,(H,17,18,19). The van der Waals surface area contributed by atoms with Crippen molar-refractivity contribution in [2.24, 2.45) is 0 Å². The maximum absolute atomic E-state index is 13.4. The molecule has 0 atom stereocenters. The highest BCUT2D eigenvalue weighted by Crippen LogP contribution is 2.15. The summed E-state index contributed by atoms with van der Waals surface area (Å²) in [7, 11) is 0. The number of nitrogens with zero attached hydrogens (tertiary/aromatic N) is 1. The van der Waals surface area contributed by atoms with Crippen LogP contribution in [-0.4, -0.2) is 10.9 Å². The van der Waals surface area contributed by atoms with Gasteiger partial charge in [0.2, 0.25) is 0 Å². The number of rotatable bonds is 2. The van der Waals surface area contributed by atoms with Gasteiger partial charge in [0, 0.05) is 5.56 Å². The zero-order valence-corrected chi connectivity index (χ0v) is 10.7. The lowest BCUT2D eigenvalue weighted by Gasteiger charge is -2.07. The maximum atomic E-state index is 13.4. The fourth-order valence-electron chi connectivity index (χ4n) is 1.56. The minimum Gasteiger partial charge on any atom is -0.397 e. The van der Waals surface area contributed by atoms with Gasteiger partial charge >= 0.3 is 0 Å². The van der Waals surface area contributed by atoms with Crippen molar-refractivity contribution in [2.45, 2.75) is 13.8 Å². The van der Waals surface area contributed by atoms with E-state index in [0.717, 1.165) is 5.56 Å². The fourth-order valence-corrected chi connectivity index (χ4v) is 1.56. The molecule has 0 saturated carbocycles. The van der Waals surface area contributed by atoms with Gasteiger partial charge in [-0.1, -0.05) is 6.07 Å². The molecule has 2 rings (SSSR count). The highest BCUT2D eigenvalue weighted by Gasteiger charge is 2.09. The Morgan fingerprint density at radius 1 is 1.26 bits per heavy atom. The van der Waals surface area contributed by atoms with Crippen LogP contribution < -0.4 is 11.1 Å². The number of amides is 1. The Morgan fingerprint density at radius 2 is 2.00 bits per heavy atom. The van der Waals surface area contributed by atoms with E-state index < -0.39 is 11.7 Å². The molecule has 1 amide bonds. The van der Waals surface area contributed by atoms with Crippen LogP contribution >= 0.6 is 0 Å². The Balaban J connectivity index is 2.20. The molecule has 4 nitrogen and oxygen atoms in total. The third-order valence-corrected chi connectivity index (χ3v) is 2.83. The number of pyridine rings is 1. The van der Waals surface area contributed by atoms with Crippen LogP contribution in [0.15, 0.2) is 30.5 Å². The average molecular weight is 259 g/mol. The van der Waals surface area contributed by atoms with Gasteiger partial charge in [0.25, 0.3) is 5.91 Å². The van der Waals surface area contributed by atoms with Crippen LogP contribution in [0.25, 0.3) is 0 Å². The number of carbonyl (C=O) groups excluding carboxylic acids is 1. The molecule has 0 aliphatic carbocycles. The van der Waals surface area contributed by atoms with E-state index in [1.807, 2.05) is 6.92 Å². The summed E-state index contributed by atoms with van der Waals surface area (Å²) in [4.78, 5) is 15.9. The molecule has 0 bridgehead atoms. The van der Waals surface area contributed by atoms with Gasteiger partial charge in [0.05, 0.1) is 11.9 Å². The van der Waals surface area contributed by atoms with E-state index in [1.165, 1.54) is 12.3 Å². The number of nitrogens with one attached hydrogen (secondary N) is 1. The number of benzene rings is 1. The summed E-state index contributed by atoms with van der Waals surface area (Å²) in [5, 5.41) is 2.60. The monoisotopic (exact) mass is 259 g/mol. The van der Waals surface area contributed by atoms with E-state index in [2.05, 4.69) is 10.3 Å². The second-order valence-electron chi connectivity index (χ2n) is 4.34. The molecule has 1 aromatic heterocycles. The third-order valence-electron chi connectivity index (χ3n) is 2.83. The van der Waals surface area contributed by atoms with Crippen molar-refractivity contribution in [3.63, 3.8) is 0 Å². The second-order valence-corrected chi connectivity index (χ2v) is 4.34. The molecule has 0 saturated heterocycles. The van der Waals surface area contributed by atoms with Crippen molar-refractivity contribution in [3.05, 3.63) is 53.0 Å². The van der Waals surface area contributed by atoms with Crippen molar-refractivity contribution >= 4 is 17.4 Å². The first-order chi connectivity index (χ1) is 8.97. The van der Waals surface area contributed by atoms with Gasteiger partial charge < -0.3 is 11.1 Å². The molecule has 2 aromatic rings. The van der Waals surface area contributed by atoms with Crippen molar-refractivity contribution in [3.8, 4) is 0 Å². The van der Waals surface area contributed by atoms with E-state index in [9.17, 15) is 9.18 Å². The summed E-state index contributed by atoms with van der Waals surface area (Å²) < 4.78 is 13.4. The summed E-state index contributed by atoms with van der Waals surface area (Å²) in [6.45, 7) is 3.46. The van der Waals surface area contributed by atoms with Crippen molar-refractivity contribution < 1.29 is 9.18 Å². The van der Waals surface area contributed by atoms with Crippen LogP contribution in [0, 0.1) is 19.7 Å². The molecule has 19 heavy (non-hydrogen) atoms. The van der Waals surface area contributed by atoms with Crippen LogP contribution in [0.1, 0.15) is 21.5 Å². The molecular formula is C14H14FN3O. The first-order valence-electron chi connectivity index (χ1n) is 5.77. The number of aryl methyl sites for hydroxylation is 2. The second kappa shape index (κ2) is 5.06. The van der Waals surface area contributed by atoms with Gasteiger partial charge in [-0.25, -0.2) is 9.37 Å². The van der Waals surface area contributed by atoms with E-state index in [1.54, 1.807) is 25.1 Å². The summed E-state index contributed by atoms with van der Waals surface area (Å²) in [6.07, 6.45) is 1.47. The maximum Gasteiger partial charge on any atom is 0.256 e. The predicted octanol–water partition coefficient (Wildman–Crippen LogP) is 2.67. The Labute approximate surface area is 110 Å². The molecule has 0 aliphatic rings. The van der Waals surface area contributed by atoms with Gasteiger partial charge in [-0.2, -0.15) is 0 Å². The minimum absolute atomic E-state index is 0.249. The van der Waals surface area contributed by atoms with E-state index >= 15 is 0 Å². The molecular weight excluding hydrogens is 245 g/mol. The van der Waals surface area contributed by atoms with Crippen molar-refractivity contribution in [1.29, 1.82) is 0 Å². The van der Waals surface area contributed by atoms with Crippen LogP contribution in [0.3, 0.4) is 0 Å². The van der Waals surface area contributed by atoms with Gasteiger partial charge in [0.15, 0.2) is 0 Å². The van der Waals surface area contributed by atoms with Gasteiger partial charge in [0.1, 0.15) is 11.6 Å². The Hall–Kier alpha value is -2.43. The summed E-state index contributed by atoms with van der Waals surface area (Å²) in [5.41, 5.74) is 7.76. The molecule has 3 N–H and O–H groups in total. The zero-order chi connectivity index (χ0) is 14.0.